The summed E-state index contributed by atoms with van der Waals surface area (Å²) in [5.74, 6) is 0.144. The molecule has 1 aliphatic heterocycles. The molecule has 2 heterocycles. The third kappa shape index (κ3) is 5.13. The third-order valence-electron chi connectivity index (χ3n) is 2.98. The minimum Gasteiger partial charge on any atom is -0.483 e. The largest absolute Gasteiger partial charge is 0.483 e. The van der Waals surface area contributed by atoms with Gasteiger partial charge in [-0.15, -0.1) is 0 Å². The van der Waals surface area contributed by atoms with Crippen LogP contribution >= 0.6 is 23.2 Å². The van der Waals surface area contributed by atoms with Crippen LogP contribution in [0.2, 0.25) is 10.3 Å². The van der Waals surface area contributed by atoms with Crippen LogP contribution in [-0.4, -0.2) is 66.5 Å². The summed E-state index contributed by atoms with van der Waals surface area (Å²) < 4.78 is 15.8. The lowest BCUT2D eigenvalue weighted by atomic mass is 10.3. The molecule has 1 aliphatic rings. The van der Waals surface area contributed by atoms with E-state index in [0.29, 0.717) is 19.8 Å². The highest BCUT2D eigenvalue weighted by Crippen LogP contribution is 2.28. The van der Waals surface area contributed by atoms with E-state index in [-0.39, 0.29) is 22.7 Å². The normalized spacial score (nSPS) is 17.0. The molecule has 1 fully saturated rings. The van der Waals surface area contributed by atoms with Crippen molar-refractivity contribution in [2.45, 2.75) is 6.10 Å². The summed E-state index contributed by atoms with van der Waals surface area (Å²) in [6.45, 7) is 3.26. The van der Waals surface area contributed by atoms with E-state index >= 15 is 0 Å². The molecule has 122 valence electrons. The molecular formula is C12H16Cl2N4O4. The maximum Gasteiger partial charge on any atom is 0.404 e. The number of carbonyl (C=O) groups excluding carboxylic acids is 1. The second kappa shape index (κ2) is 8.33. The van der Waals surface area contributed by atoms with Crippen LogP contribution in [-0.2, 0) is 9.47 Å². The van der Waals surface area contributed by atoms with Crippen molar-refractivity contribution in [1.29, 1.82) is 0 Å². The number of carbonyl (C=O) groups is 1. The topological polar surface area (TPSA) is 99.8 Å². The molecule has 8 nitrogen and oxygen atoms in total. The Balaban J connectivity index is 1.95. The molecule has 10 heteroatoms. The third-order valence-corrected chi connectivity index (χ3v) is 3.52. The molecule has 1 aromatic heterocycles. The summed E-state index contributed by atoms with van der Waals surface area (Å²) in [4.78, 5) is 20.7. The van der Waals surface area contributed by atoms with Crippen LogP contribution in [0.1, 0.15) is 0 Å². The van der Waals surface area contributed by atoms with Crippen molar-refractivity contribution >= 4 is 29.3 Å². The molecular weight excluding hydrogens is 335 g/mol. The van der Waals surface area contributed by atoms with Crippen LogP contribution in [0.4, 0.5) is 4.79 Å². The molecule has 2 rings (SSSR count). The summed E-state index contributed by atoms with van der Waals surface area (Å²) in [6.07, 6.45) is -0.214. The van der Waals surface area contributed by atoms with Gasteiger partial charge in [0, 0.05) is 19.6 Å². The number of nitrogens with zero attached hydrogens (tertiary/aromatic N) is 3. The SMILES string of the molecule is NC(=O)OC(COc1c(Cl)ncnc1Cl)CN1CCOCC1. The van der Waals surface area contributed by atoms with Crippen molar-refractivity contribution in [1.82, 2.24) is 14.9 Å². The van der Waals surface area contributed by atoms with Crippen molar-refractivity contribution in [3.05, 3.63) is 16.6 Å². The Bertz CT molecular complexity index is 494. The molecule has 0 aliphatic carbocycles. The minimum atomic E-state index is -0.872. The van der Waals surface area contributed by atoms with Crippen LogP contribution in [0.15, 0.2) is 6.33 Å². The number of hydrogen-bond acceptors (Lipinski definition) is 7. The molecule has 1 saturated heterocycles. The lowest BCUT2D eigenvalue weighted by Gasteiger charge is -2.29. The van der Waals surface area contributed by atoms with Crippen LogP contribution in [0, 0.1) is 0 Å². The van der Waals surface area contributed by atoms with Gasteiger partial charge in [-0.3, -0.25) is 4.90 Å². The molecule has 0 aromatic carbocycles. The van der Waals surface area contributed by atoms with Gasteiger partial charge in [0.15, 0.2) is 22.2 Å². The van der Waals surface area contributed by atoms with Gasteiger partial charge in [0.2, 0.25) is 0 Å². The van der Waals surface area contributed by atoms with Crippen LogP contribution in [0.3, 0.4) is 0 Å². The fourth-order valence-electron chi connectivity index (χ4n) is 1.99. The van der Waals surface area contributed by atoms with Crippen molar-refractivity contribution in [3.63, 3.8) is 0 Å². The molecule has 2 N–H and O–H groups in total. The summed E-state index contributed by atoms with van der Waals surface area (Å²) in [6, 6.07) is 0. The van der Waals surface area contributed by atoms with Gasteiger partial charge in [-0.2, -0.15) is 0 Å². The van der Waals surface area contributed by atoms with Crippen molar-refractivity contribution in [2.24, 2.45) is 5.73 Å². The zero-order valence-electron chi connectivity index (χ0n) is 11.7. The average molecular weight is 351 g/mol. The molecule has 22 heavy (non-hydrogen) atoms. The molecule has 1 unspecified atom stereocenters. The lowest BCUT2D eigenvalue weighted by molar-refractivity contribution is -0.000735. The number of hydrogen-bond donors (Lipinski definition) is 1. The predicted octanol–water partition coefficient (Wildman–Crippen LogP) is 0.958. The number of halogens is 2. The summed E-state index contributed by atoms with van der Waals surface area (Å²) >= 11 is 11.8. The van der Waals surface area contributed by atoms with E-state index < -0.39 is 12.2 Å². The number of primary amides is 1. The Morgan fingerprint density at radius 1 is 1.36 bits per heavy atom. The smallest absolute Gasteiger partial charge is 0.404 e. The van der Waals surface area contributed by atoms with Gasteiger partial charge in [-0.05, 0) is 0 Å². The Hall–Kier alpha value is -1.35. The maximum atomic E-state index is 11.0. The number of nitrogens with two attached hydrogens (primary N) is 1. The first-order valence-electron chi connectivity index (χ1n) is 6.61. The first-order chi connectivity index (χ1) is 10.6. The second-order valence-corrected chi connectivity index (χ2v) is 5.28. The van der Waals surface area contributed by atoms with Gasteiger partial charge in [-0.25, -0.2) is 14.8 Å². The standard InChI is InChI=1S/C12H16Cl2N4O4/c13-10-9(11(14)17-7-16-10)21-6-8(22-12(15)19)5-18-1-3-20-4-2-18/h7-8H,1-6H2,(H2,15,19). The molecule has 0 saturated carbocycles. The van der Waals surface area contributed by atoms with E-state index in [4.69, 9.17) is 43.1 Å². The molecule has 1 aromatic rings. The van der Waals surface area contributed by atoms with E-state index in [0.717, 1.165) is 13.1 Å². The minimum absolute atomic E-state index is 0.0348. The van der Waals surface area contributed by atoms with Gasteiger partial charge in [0.1, 0.15) is 12.9 Å². The quantitative estimate of drug-likeness (QED) is 0.762. The first-order valence-corrected chi connectivity index (χ1v) is 7.37. The van der Waals surface area contributed by atoms with Gasteiger partial charge in [-0.1, -0.05) is 23.2 Å². The molecule has 0 spiro atoms. The fraction of sp³-hybridized carbons (Fsp3) is 0.583. The van der Waals surface area contributed by atoms with Gasteiger partial charge >= 0.3 is 6.09 Å². The number of aromatic nitrogens is 2. The summed E-state index contributed by atoms with van der Waals surface area (Å²) in [5, 5.41) is 0.174. The van der Waals surface area contributed by atoms with E-state index in [9.17, 15) is 4.79 Å². The highest BCUT2D eigenvalue weighted by atomic mass is 35.5. The van der Waals surface area contributed by atoms with Gasteiger partial charge in [0.25, 0.3) is 0 Å². The Labute approximate surface area is 137 Å². The average Bonchev–Trinajstić information content (AvgIpc) is 2.47. The molecule has 0 radical (unpaired) electrons. The fourth-order valence-corrected chi connectivity index (χ4v) is 2.41. The predicted molar refractivity (Wildman–Crippen MR) is 79.3 cm³/mol. The Kier molecular flexibility index (Phi) is 6.44. The highest BCUT2D eigenvalue weighted by molar-refractivity contribution is 6.35. The number of morpholine rings is 1. The monoisotopic (exact) mass is 350 g/mol. The Morgan fingerprint density at radius 2 is 2.00 bits per heavy atom. The van der Waals surface area contributed by atoms with Crippen LogP contribution in [0.25, 0.3) is 0 Å². The molecule has 1 atom stereocenters. The van der Waals surface area contributed by atoms with E-state index in [1.54, 1.807) is 0 Å². The number of ether oxygens (including phenoxy) is 3. The van der Waals surface area contributed by atoms with E-state index in [2.05, 4.69) is 14.9 Å². The van der Waals surface area contributed by atoms with E-state index in [1.807, 2.05) is 0 Å². The van der Waals surface area contributed by atoms with Crippen molar-refractivity contribution in [2.75, 3.05) is 39.5 Å². The highest BCUT2D eigenvalue weighted by Gasteiger charge is 2.21. The van der Waals surface area contributed by atoms with Crippen molar-refractivity contribution in [3.8, 4) is 5.75 Å². The van der Waals surface area contributed by atoms with Crippen LogP contribution in [0.5, 0.6) is 5.75 Å². The maximum absolute atomic E-state index is 11.0. The second-order valence-electron chi connectivity index (χ2n) is 4.57. The van der Waals surface area contributed by atoms with Crippen molar-refractivity contribution < 1.29 is 19.0 Å². The molecule has 1 amide bonds. The first kappa shape index (κ1) is 17.0. The zero-order chi connectivity index (χ0) is 15.9. The number of rotatable bonds is 6. The van der Waals surface area contributed by atoms with Gasteiger partial charge < -0.3 is 19.9 Å². The summed E-state index contributed by atoms with van der Waals surface area (Å²) in [7, 11) is 0. The zero-order valence-corrected chi connectivity index (χ0v) is 13.2. The number of amides is 1. The van der Waals surface area contributed by atoms with Crippen LogP contribution < -0.4 is 10.5 Å². The molecule has 0 bridgehead atoms. The lowest BCUT2D eigenvalue weighted by Crippen LogP contribution is -2.44. The Morgan fingerprint density at radius 3 is 2.59 bits per heavy atom. The van der Waals surface area contributed by atoms with Gasteiger partial charge in [0.05, 0.1) is 13.2 Å². The van der Waals surface area contributed by atoms with E-state index in [1.165, 1.54) is 6.33 Å². The summed E-state index contributed by atoms with van der Waals surface area (Å²) in [5.41, 5.74) is 5.09.